The number of hydrogen-bond donors (Lipinski definition) is 0. The van der Waals surface area contributed by atoms with Gasteiger partial charge in [0.15, 0.2) is 0 Å². The van der Waals surface area contributed by atoms with Gasteiger partial charge in [-0.05, 0) is 6.42 Å². The largest absolute Gasteiger partial charge is 0.477 e. The van der Waals surface area contributed by atoms with Crippen molar-refractivity contribution in [2.75, 3.05) is 33.4 Å². The van der Waals surface area contributed by atoms with Crippen LogP contribution in [0.25, 0.3) is 0 Å². The van der Waals surface area contributed by atoms with E-state index in [1.54, 1.807) is 12.4 Å². The monoisotopic (exact) mass is 293 g/mol. The molecular formula is C14H19N3O4. The number of nitrogens with zero attached hydrogens (tertiary/aromatic N) is 3. The summed E-state index contributed by atoms with van der Waals surface area (Å²) in [7, 11) is 1.53. The minimum atomic E-state index is -0.0677. The molecule has 3 rings (SSSR count). The van der Waals surface area contributed by atoms with Crippen molar-refractivity contribution in [3.8, 4) is 11.8 Å². The van der Waals surface area contributed by atoms with E-state index < -0.39 is 0 Å². The minimum Gasteiger partial charge on any atom is -0.477 e. The molecule has 2 atom stereocenters. The van der Waals surface area contributed by atoms with Crippen LogP contribution >= 0.6 is 0 Å². The van der Waals surface area contributed by atoms with Crippen LogP contribution in [0.15, 0.2) is 12.4 Å². The van der Waals surface area contributed by atoms with Gasteiger partial charge in [-0.25, -0.2) is 9.97 Å². The summed E-state index contributed by atoms with van der Waals surface area (Å²) in [6.45, 7) is 2.51. The summed E-state index contributed by atoms with van der Waals surface area (Å²) in [5.74, 6) is 0.925. The second kappa shape index (κ2) is 6.26. The highest BCUT2D eigenvalue weighted by molar-refractivity contribution is 5.79. The third-order valence-electron chi connectivity index (χ3n) is 3.84. The van der Waals surface area contributed by atoms with Crippen LogP contribution in [0, 0.1) is 5.92 Å². The molecule has 21 heavy (non-hydrogen) atoms. The fourth-order valence-electron chi connectivity index (χ4n) is 2.70. The first-order valence-electron chi connectivity index (χ1n) is 7.16. The minimum absolute atomic E-state index is 0.00908. The lowest BCUT2D eigenvalue weighted by Gasteiger charge is -2.20. The molecule has 0 spiro atoms. The van der Waals surface area contributed by atoms with E-state index in [1.807, 2.05) is 4.90 Å². The van der Waals surface area contributed by atoms with Crippen molar-refractivity contribution < 1.29 is 19.0 Å². The molecule has 1 aromatic rings. The maximum absolute atomic E-state index is 12.3. The molecule has 2 aliphatic rings. The van der Waals surface area contributed by atoms with Crippen molar-refractivity contribution in [1.29, 1.82) is 0 Å². The lowest BCUT2D eigenvalue weighted by Crippen LogP contribution is -2.36. The Hall–Kier alpha value is -1.89. The number of amides is 1. The zero-order valence-electron chi connectivity index (χ0n) is 12.0. The Balaban J connectivity index is 1.58. The van der Waals surface area contributed by atoms with Crippen LogP contribution in [0.4, 0.5) is 0 Å². The summed E-state index contributed by atoms with van der Waals surface area (Å²) in [4.78, 5) is 22.3. The predicted molar refractivity (Wildman–Crippen MR) is 73.1 cm³/mol. The maximum atomic E-state index is 12.3. The number of carbonyl (C=O) groups excluding carboxylic acids is 1. The summed E-state index contributed by atoms with van der Waals surface area (Å²) in [6.07, 6.45) is 4.65. The lowest BCUT2D eigenvalue weighted by molar-refractivity contribution is -0.134. The summed E-state index contributed by atoms with van der Waals surface area (Å²) >= 11 is 0. The molecular weight excluding hydrogens is 274 g/mol. The Kier molecular flexibility index (Phi) is 4.19. The van der Waals surface area contributed by atoms with Gasteiger partial charge in [-0.3, -0.25) is 4.79 Å². The van der Waals surface area contributed by atoms with Gasteiger partial charge in [-0.15, -0.1) is 0 Å². The van der Waals surface area contributed by atoms with Crippen molar-refractivity contribution in [2.45, 2.75) is 18.9 Å². The van der Waals surface area contributed by atoms with Crippen LogP contribution in [-0.4, -0.2) is 60.3 Å². The Morgan fingerprint density at radius 3 is 2.86 bits per heavy atom. The third-order valence-corrected chi connectivity index (χ3v) is 3.84. The van der Waals surface area contributed by atoms with Crippen molar-refractivity contribution in [2.24, 2.45) is 5.92 Å². The highest BCUT2D eigenvalue weighted by Gasteiger charge is 2.34. The molecule has 2 aliphatic heterocycles. The number of methoxy groups -OCH3 is 1. The van der Waals surface area contributed by atoms with Crippen LogP contribution in [0.5, 0.6) is 11.8 Å². The summed E-state index contributed by atoms with van der Waals surface area (Å²) in [5.41, 5.74) is 0. The number of hydrogen-bond acceptors (Lipinski definition) is 6. The quantitative estimate of drug-likeness (QED) is 0.805. The van der Waals surface area contributed by atoms with E-state index >= 15 is 0 Å². The van der Waals surface area contributed by atoms with E-state index in [9.17, 15) is 4.79 Å². The molecule has 0 N–H and O–H groups in total. The van der Waals surface area contributed by atoms with Gasteiger partial charge >= 0.3 is 0 Å². The third kappa shape index (κ3) is 3.07. The molecule has 0 saturated carbocycles. The Labute approximate surface area is 123 Å². The van der Waals surface area contributed by atoms with Crippen molar-refractivity contribution in [3.05, 3.63) is 12.4 Å². The van der Waals surface area contributed by atoms with Crippen molar-refractivity contribution in [1.82, 2.24) is 14.9 Å². The van der Waals surface area contributed by atoms with E-state index in [1.165, 1.54) is 7.11 Å². The molecule has 1 aromatic heterocycles. The topological polar surface area (TPSA) is 73.8 Å². The van der Waals surface area contributed by atoms with Gasteiger partial charge in [0, 0.05) is 32.0 Å². The van der Waals surface area contributed by atoms with Crippen LogP contribution in [0.1, 0.15) is 12.8 Å². The van der Waals surface area contributed by atoms with Crippen LogP contribution < -0.4 is 9.47 Å². The van der Waals surface area contributed by atoms with Crippen LogP contribution in [-0.2, 0) is 9.53 Å². The Bertz CT molecular complexity index is 505. The van der Waals surface area contributed by atoms with Crippen LogP contribution in [0.2, 0.25) is 0 Å². The van der Waals surface area contributed by atoms with Crippen molar-refractivity contribution >= 4 is 5.91 Å². The molecule has 2 fully saturated rings. The van der Waals surface area contributed by atoms with Gasteiger partial charge < -0.3 is 19.1 Å². The van der Waals surface area contributed by atoms with E-state index in [-0.39, 0.29) is 17.9 Å². The second-order valence-electron chi connectivity index (χ2n) is 5.24. The first kappa shape index (κ1) is 14.1. The first-order chi connectivity index (χ1) is 10.3. The number of carbonyl (C=O) groups is 1. The second-order valence-corrected chi connectivity index (χ2v) is 5.24. The SMILES string of the molecule is COc1nccnc1O[C@@H]1CCN(C(=O)[C@H]2CCOC2)C1. The van der Waals surface area contributed by atoms with Gasteiger partial charge in [0.2, 0.25) is 5.91 Å². The van der Waals surface area contributed by atoms with Gasteiger partial charge in [0.05, 0.1) is 26.2 Å². The zero-order chi connectivity index (χ0) is 14.7. The van der Waals surface area contributed by atoms with E-state index in [0.717, 1.165) is 12.8 Å². The highest BCUT2D eigenvalue weighted by Crippen LogP contribution is 2.25. The van der Waals surface area contributed by atoms with Crippen LogP contribution in [0.3, 0.4) is 0 Å². The molecule has 0 radical (unpaired) electrons. The van der Waals surface area contributed by atoms with Gasteiger partial charge in [0.1, 0.15) is 6.10 Å². The molecule has 114 valence electrons. The molecule has 0 bridgehead atoms. The lowest BCUT2D eigenvalue weighted by atomic mass is 10.1. The Morgan fingerprint density at radius 2 is 2.14 bits per heavy atom. The molecule has 0 aliphatic carbocycles. The number of likely N-dealkylation sites (tertiary alicyclic amines) is 1. The number of rotatable bonds is 4. The van der Waals surface area contributed by atoms with E-state index in [0.29, 0.717) is 38.1 Å². The number of ether oxygens (including phenoxy) is 3. The average molecular weight is 293 g/mol. The zero-order valence-corrected chi connectivity index (χ0v) is 12.0. The molecule has 2 saturated heterocycles. The summed E-state index contributed by atoms with van der Waals surface area (Å²) in [5, 5.41) is 0. The molecule has 0 aromatic carbocycles. The average Bonchev–Trinajstić information content (AvgIpc) is 3.19. The smallest absolute Gasteiger partial charge is 0.278 e. The predicted octanol–water partition coefficient (Wildman–Crippen LogP) is 0.501. The van der Waals surface area contributed by atoms with E-state index in [2.05, 4.69) is 9.97 Å². The molecule has 1 amide bonds. The maximum Gasteiger partial charge on any atom is 0.278 e. The summed E-state index contributed by atoms with van der Waals surface area (Å²) in [6, 6.07) is 0. The highest BCUT2D eigenvalue weighted by atomic mass is 16.5. The first-order valence-corrected chi connectivity index (χ1v) is 7.16. The van der Waals surface area contributed by atoms with Gasteiger partial charge in [0.25, 0.3) is 11.8 Å². The van der Waals surface area contributed by atoms with Gasteiger partial charge in [-0.1, -0.05) is 0 Å². The fraction of sp³-hybridized carbons (Fsp3) is 0.643. The molecule has 3 heterocycles. The standard InChI is InChI=1S/C14H19N3O4/c1-19-12-13(16-5-4-15-12)21-11-2-6-17(8-11)14(18)10-3-7-20-9-10/h4-5,10-11H,2-3,6-9H2,1H3/t10-,11+/m0/s1. The fourth-order valence-corrected chi connectivity index (χ4v) is 2.70. The normalized spacial score (nSPS) is 25.1. The Morgan fingerprint density at radius 1 is 1.33 bits per heavy atom. The van der Waals surface area contributed by atoms with Gasteiger partial charge in [-0.2, -0.15) is 0 Å². The summed E-state index contributed by atoms with van der Waals surface area (Å²) < 4.78 is 16.2. The van der Waals surface area contributed by atoms with E-state index in [4.69, 9.17) is 14.2 Å². The van der Waals surface area contributed by atoms with Crippen molar-refractivity contribution in [3.63, 3.8) is 0 Å². The number of aromatic nitrogens is 2. The molecule has 7 heteroatoms. The molecule has 0 unspecified atom stereocenters. The molecule has 7 nitrogen and oxygen atoms in total.